The topological polar surface area (TPSA) is 20.6 Å². The molecular weight excluding hydrogens is 971 g/mol. The van der Waals surface area contributed by atoms with Crippen LogP contribution in [-0.2, 0) is 6.42 Å². The van der Waals surface area contributed by atoms with Gasteiger partial charge in [-0.05, 0) is 151 Å². The summed E-state index contributed by atoms with van der Waals surface area (Å²) in [6, 6.07) is 102. The van der Waals surface area contributed by atoms with Crippen LogP contribution in [-0.4, -0.2) is 4.57 Å². The molecule has 0 spiro atoms. The van der Waals surface area contributed by atoms with Crippen molar-refractivity contribution in [3.63, 3.8) is 0 Å². The van der Waals surface area contributed by atoms with Crippen molar-refractivity contribution in [1.82, 2.24) is 4.57 Å². The minimum atomic E-state index is 0.829. The second-order valence-electron chi connectivity index (χ2n) is 21.3. The minimum absolute atomic E-state index is 0.829. The van der Waals surface area contributed by atoms with Crippen molar-refractivity contribution in [3.8, 4) is 11.4 Å². The van der Waals surface area contributed by atoms with Crippen molar-refractivity contribution in [2.24, 2.45) is 0 Å². The van der Waals surface area contributed by atoms with E-state index in [0.717, 1.165) is 68.7 Å². The number of hydrogen-bond acceptors (Lipinski definition) is 3. The third-order valence-electron chi connectivity index (χ3n) is 16.6. The Morgan fingerprint density at radius 2 is 0.762 bits per heavy atom. The average molecular weight is 1020 g/mol. The smallest absolute Gasteiger partial charge is 0.133 e. The third-order valence-corrected chi connectivity index (χ3v) is 16.6. The molecule has 1 aliphatic rings. The Bertz CT molecular complexity index is 5040. The number of fused-ring (bicyclic) bond motifs is 13. The lowest BCUT2D eigenvalue weighted by Crippen LogP contribution is -2.13. The van der Waals surface area contributed by atoms with Gasteiger partial charge in [0.2, 0.25) is 0 Å². The van der Waals surface area contributed by atoms with E-state index in [1.165, 1.54) is 92.2 Å². The molecule has 0 saturated heterocycles. The number of nitrogens with zero attached hydrogens (tertiary/aromatic N) is 3. The third kappa shape index (κ3) is 7.37. The van der Waals surface area contributed by atoms with Crippen LogP contribution in [0.15, 0.2) is 285 Å². The molecule has 4 heteroatoms. The minimum Gasteiger partial charge on any atom is -0.456 e. The van der Waals surface area contributed by atoms with Crippen LogP contribution < -0.4 is 14.5 Å². The second-order valence-corrected chi connectivity index (χ2v) is 21.3. The highest BCUT2D eigenvalue weighted by molar-refractivity contribution is 6.18. The molecule has 0 radical (unpaired) electrons. The predicted molar refractivity (Wildman–Crippen MR) is 339 cm³/mol. The first-order valence-corrected chi connectivity index (χ1v) is 27.6. The Kier molecular flexibility index (Phi) is 10.5. The summed E-state index contributed by atoms with van der Waals surface area (Å²) in [7, 11) is 0. The first kappa shape index (κ1) is 45.7. The summed E-state index contributed by atoms with van der Waals surface area (Å²) in [5.41, 5.74) is 13.5. The molecule has 4 nitrogen and oxygen atoms in total. The van der Waals surface area contributed by atoms with Crippen molar-refractivity contribution in [2.75, 3.05) is 9.80 Å². The molecule has 0 atom stereocenters. The summed E-state index contributed by atoms with van der Waals surface area (Å²) in [4.78, 5) is 4.90. The SMILES string of the molecule is CC1=C(c2ccccc2)Oc2cc(N(c3ccc4c(ccc5cc(N(c6ccc7c(c6)c6ccccc6n7-c6ccccc6)c6cc7ccccc7c7ccccc67)ccc54)c3)c3cc4ccccc4c4ccccc34)ccc2C1. The van der Waals surface area contributed by atoms with Crippen LogP contribution in [0.4, 0.5) is 34.1 Å². The van der Waals surface area contributed by atoms with Gasteiger partial charge in [0.05, 0.1) is 22.4 Å². The van der Waals surface area contributed by atoms with E-state index in [4.69, 9.17) is 4.74 Å². The first-order valence-electron chi connectivity index (χ1n) is 27.6. The molecule has 1 aliphatic heterocycles. The van der Waals surface area contributed by atoms with Gasteiger partial charge >= 0.3 is 0 Å². The zero-order chi connectivity index (χ0) is 52.8. The number of anilines is 6. The quantitative estimate of drug-likeness (QED) is 0.142. The maximum Gasteiger partial charge on any atom is 0.133 e. The van der Waals surface area contributed by atoms with Crippen LogP contribution in [0, 0.1) is 0 Å². The van der Waals surface area contributed by atoms with Gasteiger partial charge in [-0.1, -0.05) is 194 Å². The van der Waals surface area contributed by atoms with Crippen molar-refractivity contribution in [1.29, 1.82) is 0 Å². The van der Waals surface area contributed by atoms with E-state index in [1.54, 1.807) is 0 Å². The summed E-state index contributed by atoms with van der Waals surface area (Å²) in [5, 5.41) is 16.9. The molecular formula is C76H51N3O. The summed E-state index contributed by atoms with van der Waals surface area (Å²) >= 11 is 0. The molecule has 15 aromatic rings. The summed E-state index contributed by atoms with van der Waals surface area (Å²) < 4.78 is 9.28. The van der Waals surface area contributed by atoms with E-state index < -0.39 is 0 Å². The Labute approximate surface area is 463 Å². The van der Waals surface area contributed by atoms with Crippen LogP contribution in [0.2, 0.25) is 0 Å². The highest BCUT2D eigenvalue weighted by Gasteiger charge is 2.25. The van der Waals surface area contributed by atoms with Crippen molar-refractivity contribution in [3.05, 3.63) is 296 Å². The molecule has 0 bridgehead atoms. The van der Waals surface area contributed by atoms with Crippen LogP contribution in [0.25, 0.3) is 97.9 Å². The van der Waals surface area contributed by atoms with Gasteiger partial charge in [0.1, 0.15) is 11.5 Å². The molecule has 1 aromatic heterocycles. The molecule has 0 N–H and O–H groups in total. The maximum atomic E-state index is 6.89. The number of benzene rings is 14. The van der Waals surface area contributed by atoms with E-state index in [1.807, 2.05) is 0 Å². The monoisotopic (exact) mass is 1020 g/mol. The maximum absolute atomic E-state index is 6.89. The molecule has 0 fully saturated rings. The number of hydrogen-bond donors (Lipinski definition) is 0. The van der Waals surface area contributed by atoms with E-state index in [9.17, 15) is 0 Å². The highest BCUT2D eigenvalue weighted by Crippen LogP contribution is 2.48. The molecule has 0 aliphatic carbocycles. The van der Waals surface area contributed by atoms with Gasteiger partial charge in [-0.15, -0.1) is 0 Å². The van der Waals surface area contributed by atoms with E-state index >= 15 is 0 Å². The van der Waals surface area contributed by atoms with Gasteiger partial charge in [0, 0.05) is 68.0 Å². The van der Waals surface area contributed by atoms with Gasteiger partial charge < -0.3 is 19.1 Å². The molecule has 16 rings (SSSR count). The Morgan fingerprint density at radius 3 is 1.38 bits per heavy atom. The van der Waals surface area contributed by atoms with Crippen LogP contribution in [0.1, 0.15) is 18.1 Å². The zero-order valence-electron chi connectivity index (χ0n) is 44.0. The zero-order valence-corrected chi connectivity index (χ0v) is 44.0. The van der Waals surface area contributed by atoms with Crippen molar-refractivity contribution < 1.29 is 4.74 Å². The summed E-state index contributed by atoms with van der Waals surface area (Å²) in [5.74, 6) is 1.81. The fraction of sp³-hybridized carbons (Fsp3) is 0.0263. The normalized spacial score (nSPS) is 12.6. The number of rotatable bonds is 8. The molecule has 2 heterocycles. The Balaban J connectivity index is 0.864. The average Bonchev–Trinajstić information content (AvgIpc) is 3.90. The van der Waals surface area contributed by atoms with Crippen LogP contribution in [0.5, 0.6) is 5.75 Å². The van der Waals surface area contributed by atoms with E-state index in [2.05, 4.69) is 300 Å². The van der Waals surface area contributed by atoms with Gasteiger partial charge in [0.15, 0.2) is 0 Å². The van der Waals surface area contributed by atoms with E-state index in [0.29, 0.717) is 0 Å². The highest BCUT2D eigenvalue weighted by atomic mass is 16.5. The number of aromatic nitrogens is 1. The fourth-order valence-corrected chi connectivity index (χ4v) is 13.0. The molecule has 0 amide bonds. The standard InChI is InChI=1S/C76H51N3O/c1-49-42-55-34-35-60(48-75(55)80-76(49)50-18-4-2-5-19-50)78(74-46-52-21-9-11-25-62(52)66-27-13-15-29-68(66)74)58-37-40-64-54(44-58)33-32-53-43-57(36-39-63(53)64)77(73-45-51-20-8-10-24-61(51)65-26-12-14-28-67(65)73)59-38-41-72-70(47-59)69-30-16-17-31-71(69)79(72)56-22-6-3-7-23-56/h2-41,43-48H,42H2,1H3. The van der Waals surface area contributed by atoms with E-state index in [-0.39, 0.29) is 0 Å². The van der Waals surface area contributed by atoms with Crippen molar-refractivity contribution >= 4 is 126 Å². The second kappa shape index (κ2) is 18.4. The Morgan fingerprint density at radius 1 is 0.325 bits per heavy atom. The lowest BCUT2D eigenvalue weighted by molar-refractivity contribution is 0.491. The molecule has 0 unspecified atom stereocenters. The van der Waals surface area contributed by atoms with Gasteiger partial charge in [-0.3, -0.25) is 0 Å². The lowest BCUT2D eigenvalue weighted by Gasteiger charge is -2.30. The van der Waals surface area contributed by atoms with Crippen LogP contribution >= 0.6 is 0 Å². The Hall–Kier alpha value is -10.4. The fourth-order valence-electron chi connectivity index (χ4n) is 13.0. The first-order chi connectivity index (χ1) is 39.6. The number of para-hydroxylation sites is 2. The molecule has 80 heavy (non-hydrogen) atoms. The van der Waals surface area contributed by atoms with Crippen LogP contribution in [0.3, 0.4) is 0 Å². The predicted octanol–water partition coefficient (Wildman–Crippen LogP) is 21.0. The molecule has 376 valence electrons. The largest absolute Gasteiger partial charge is 0.456 e. The van der Waals surface area contributed by atoms with Gasteiger partial charge in [0.25, 0.3) is 0 Å². The summed E-state index contributed by atoms with van der Waals surface area (Å²) in [6.45, 7) is 2.18. The lowest BCUT2D eigenvalue weighted by atomic mass is 9.96. The number of allylic oxidation sites excluding steroid dienone is 1. The molecule has 14 aromatic carbocycles. The summed E-state index contributed by atoms with van der Waals surface area (Å²) in [6.07, 6.45) is 0.829. The van der Waals surface area contributed by atoms with Crippen molar-refractivity contribution in [2.45, 2.75) is 13.3 Å². The van der Waals surface area contributed by atoms with Gasteiger partial charge in [-0.25, -0.2) is 0 Å². The van der Waals surface area contributed by atoms with Gasteiger partial charge in [-0.2, -0.15) is 0 Å². The number of ether oxygens (including phenoxy) is 1. The molecule has 0 saturated carbocycles.